The van der Waals surface area contributed by atoms with Gasteiger partial charge in [-0.05, 0) is 18.0 Å². The Morgan fingerprint density at radius 2 is 1.91 bits per heavy atom. The average Bonchev–Trinajstić information content (AvgIpc) is 2.49. The summed E-state index contributed by atoms with van der Waals surface area (Å²) in [5.74, 6) is -0.272. The number of nitriles is 1. The third-order valence-electron chi connectivity index (χ3n) is 2.61. The van der Waals surface area contributed by atoms with Gasteiger partial charge in [-0.1, -0.05) is 25.5 Å². The van der Waals surface area contributed by atoms with Crippen molar-refractivity contribution in [2.75, 3.05) is 0 Å². The molecule has 2 rings (SSSR count). The van der Waals surface area contributed by atoms with Crippen LogP contribution in [0.5, 0.6) is 0 Å². The SMILES string of the molecule is CC#N.CC(C)([N-]C(=O)c1[c-]cccc1)c1ccccn1.[Pd+2]. The van der Waals surface area contributed by atoms with Crippen molar-refractivity contribution < 1.29 is 25.2 Å². The first kappa shape index (κ1) is 20.0. The molecular formula is C17H17N3OPd. The second-order valence-corrected chi connectivity index (χ2v) is 4.69. The van der Waals surface area contributed by atoms with Crippen LogP contribution in [0.4, 0.5) is 0 Å². The van der Waals surface area contributed by atoms with E-state index in [-0.39, 0.29) is 26.3 Å². The average molecular weight is 386 g/mol. The second kappa shape index (κ2) is 9.84. The summed E-state index contributed by atoms with van der Waals surface area (Å²) in [6, 6.07) is 17.3. The molecule has 1 heterocycles. The van der Waals surface area contributed by atoms with Crippen LogP contribution in [-0.2, 0) is 26.0 Å². The number of pyridine rings is 1. The molecule has 22 heavy (non-hydrogen) atoms. The van der Waals surface area contributed by atoms with Crippen molar-refractivity contribution in [3.05, 3.63) is 71.3 Å². The van der Waals surface area contributed by atoms with Crippen molar-refractivity contribution in [2.45, 2.75) is 26.3 Å². The van der Waals surface area contributed by atoms with E-state index in [9.17, 15) is 4.79 Å². The fourth-order valence-corrected chi connectivity index (χ4v) is 1.62. The zero-order valence-corrected chi connectivity index (χ0v) is 14.2. The predicted octanol–water partition coefficient (Wildman–Crippen LogP) is 3.86. The van der Waals surface area contributed by atoms with Crippen molar-refractivity contribution in [2.24, 2.45) is 0 Å². The quantitative estimate of drug-likeness (QED) is 0.595. The van der Waals surface area contributed by atoms with E-state index in [4.69, 9.17) is 5.26 Å². The van der Waals surface area contributed by atoms with E-state index in [1.54, 1.807) is 30.5 Å². The molecule has 1 aromatic carbocycles. The van der Waals surface area contributed by atoms with Crippen LogP contribution < -0.4 is 0 Å². The summed E-state index contributed by atoms with van der Waals surface area (Å²) < 4.78 is 0. The molecule has 0 fully saturated rings. The molecule has 0 aliphatic carbocycles. The molecule has 4 nitrogen and oxygen atoms in total. The summed E-state index contributed by atoms with van der Waals surface area (Å²) in [6.07, 6.45) is 1.70. The standard InChI is InChI=1S/C15H15N2O.C2H3N.Pd/c1-15(2,13-10-6-7-11-16-13)17-14(18)12-8-4-3-5-9-12;1-2-3;/h3-8,10-11H,1-2H3,(H,17,18);1H3;/q-1;;+2/p-1. The Balaban J connectivity index is 0.00000102. The number of aromatic nitrogens is 1. The Hall–Kier alpha value is -2.01. The third-order valence-corrected chi connectivity index (χ3v) is 2.61. The molecule has 0 spiro atoms. The van der Waals surface area contributed by atoms with Crippen LogP contribution in [0.3, 0.4) is 0 Å². The number of hydrogen-bond donors (Lipinski definition) is 0. The first-order chi connectivity index (χ1) is 10.0. The first-order valence-electron chi connectivity index (χ1n) is 6.47. The summed E-state index contributed by atoms with van der Waals surface area (Å²) >= 11 is 0. The van der Waals surface area contributed by atoms with Crippen LogP contribution in [0.25, 0.3) is 5.32 Å². The van der Waals surface area contributed by atoms with Gasteiger partial charge in [-0.15, -0.1) is 35.9 Å². The van der Waals surface area contributed by atoms with Crippen LogP contribution in [-0.4, -0.2) is 10.9 Å². The minimum Gasteiger partial charge on any atom is -0.685 e. The molecule has 0 atom stereocenters. The van der Waals surface area contributed by atoms with Crippen molar-refractivity contribution in [3.8, 4) is 6.07 Å². The molecule has 1 amide bonds. The molecule has 0 N–H and O–H groups in total. The Labute approximate surface area is 145 Å². The van der Waals surface area contributed by atoms with Crippen molar-refractivity contribution in [1.82, 2.24) is 4.98 Å². The zero-order chi connectivity index (χ0) is 15.7. The summed E-state index contributed by atoms with van der Waals surface area (Å²) in [5.41, 5.74) is 0.609. The molecule has 0 bridgehead atoms. The maximum atomic E-state index is 12.0. The molecule has 5 heteroatoms. The van der Waals surface area contributed by atoms with Gasteiger partial charge in [-0.25, -0.2) is 0 Å². The van der Waals surface area contributed by atoms with Crippen LogP contribution in [0.1, 0.15) is 36.8 Å². The fraction of sp³-hybridized carbons (Fsp3) is 0.235. The topological polar surface area (TPSA) is 67.8 Å². The van der Waals surface area contributed by atoms with Gasteiger partial charge >= 0.3 is 20.4 Å². The molecule has 0 aliphatic rings. The third kappa shape index (κ3) is 6.18. The van der Waals surface area contributed by atoms with Gasteiger partial charge in [0.2, 0.25) is 0 Å². The Morgan fingerprint density at radius 3 is 2.41 bits per heavy atom. The van der Waals surface area contributed by atoms with Gasteiger partial charge in [0.25, 0.3) is 0 Å². The fourth-order valence-electron chi connectivity index (χ4n) is 1.62. The zero-order valence-electron chi connectivity index (χ0n) is 12.7. The molecular weight excluding hydrogens is 369 g/mol. The Bertz CT molecular complexity index is 607. The van der Waals surface area contributed by atoms with Gasteiger partial charge in [0.1, 0.15) is 0 Å². The van der Waals surface area contributed by atoms with E-state index in [0.29, 0.717) is 5.56 Å². The van der Waals surface area contributed by atoms with E-state index in [1.165, 1.54) is 6.92 Å². The maximum absolute atomic E-state index is 12.0. The molecule has 1 aromatic heterocycles. The van der Waals surface area contributed by atoms with Gasteiger partial charge in [-0.2, -0.15) is 5.26 Å². The minimum absolute atomic E-state index is 0. The monoisotopic (exact) mass is 385 g/mol. The normalized spacial score (nSPS) is 9.36. The summed E-state index contributed by atoms with van der Waals surface area (Å²) in [7, 11) is 0. The van der Waals surface area contributed by atoms with E-state index in [0.717, 1.165) is 5.69 Å². The molecule has 0 saturated heterocycles. The predicted molar refractivity (Wildman–Crippen MR) is 81.5 cm³/mol. The molecule has 0 saturated carbocycles. The van der Waals surface area contributed by atoms with E-state index < -0.39 is 5.54 Å². The van der Waals surface area contributed by atoms with Gasteiger partial charge in [0, 0.05) is 18.8 Å². The van der Waals surface area contributed by atoms with E-state index in [2.05, 4.69) is 16.4 Å². The molecule has 0 aliphatic heterocycles. The number of benzene rings is 1. The van der Waals surface area contributed by atoms with Gasteiger partial charge in [-0.3, -0.25) is 4.98 Å². The molecule has 2 aromatic rings. The van der Waals surface area contributed by atoms with Gasteiger partial charge in [0.15, 0.2) is 0 Å². The smallest absolute Gasteiger partial charge is 0.685 e. The number of carbonyl (C=O) groups excluding carboxylic acids is 1. The minimum atomic E-state index is -0.637. The van der Waals surface area contributed by atoms with E-state index >= 15 is 0 Å². The van der Waals surface area contributed by atoms with E-state index in [1.807, 2.05) is 38.1 Å². The van der Waals surface area contributed by atoms with Crippen LogP contribution in [0, 0.1) is 17.4 Å². The van der Waals surface area contributed by atoms with Crippen molar-refractivity contribution >= 4 is 5.91 Å². The number of carbonyl (C=O) groups is 1. The molecule has 116 valence electrons. The van der Waals surface area contributed by atoms with Crippen molar-refractivity contribution in [1.29, 1.82) is 5.26 Å². The van der Waals surface area contributed by atoms with Crippen LogP contribution in [0.15, 0.2) is 48.7 Å². The maximum Gasteiger partial charge on any atom is 2.00 e. The molecule has 0 unspecified atom stereocenters. The summed E-state index contributed by atoms with van der Waals surface area (Å²) in [5, 5.41) is 11.5. The summed E-state index contributed by atoms with van der Waals surface area (Å²) in [6.45, 7) is 5.17. The number of nitrogens with zero attached hydrogens (tertiary/aromatic N) is 3. The van der Waals surface area contributed by atoms with Gasteiger partial charge in [0.05, 0.1) is 6.07 Å². The number of hydrogen-bond acceptors (Lipinski definition) is 3. The second-order valence-electron chi connectivity index (χ2n) is 4.69. The van der Waals surface area contributed by atoms with Crippen LogP contribution >= 0.6 is 0 Å². The molecule has 0 radical (unpaired) electrons. The van der Waals surface area contributed by atoms with Crippen LogP contribution in [0.2, 0.25) is 0 Å². The van der Waals surface area contributed by atoms with Gasteiger partial charge < -0.3 is 10.1 Å². The first-order valence-corrected chi connectivity index (χ1v) is 6.47. The number of amides is 1. The Morgan fingerprint density at radius 1 is 1.27 bits per heavy atom. The Kier molecular flexibility index (Phi) is 8.95. The number of rotatable bonds is 3. The van der Waals surface area contributed by atoms with Crippen molar-refractivity contribution in [3.63, 3.8) is 0 Å². The summed E-state index contributed by atoms with van der Waals surface area (Å²) in [4.78, 5) is 16.2. The largest absolute Gasteiger partial charge is 2.00 e.